The number of aliphatic hydroxyl groups is 1. The third-order valence-electron chi connectivity index (χ3n) is 5.97. The van der Waals surface area contributed by atoms with E-state index in [4.69, 9.17) is 0 Å². The van der Waals surface area contributed by atoms with Crippen LogP contribution in [0.3, 0.4) is 0 Å². The second-order valence-corrected chi connectivity index (χ2v) is 9.32. The average molecular weight is 451 g/mol. The van der Waals surface area contributed by atoms with Gasteiger partial charge in [0.05, 0.1) is 41.6 Å². The standard InChI is InChI=1S/C24H26N4O3S/c1-27(24(31)11-16-5-6-22-20(10-16)26-23(30)15-32-22)21(14-28-8-7-19(29)13-28)18-4-2-3-17(9-18)12-25/h2-6,9-10,19,21,29H,7-8,11,13-15H2,1H3,(H,26,30)/t19-,21-/m1/s1. The van der Waals surface area contributed by atoms with Gasteiger partial charge in [0.25, 0.3) is 0 Å². The number of likely N-dealkylation sites (tertiary alicyclic amines) is 1. The summed E-state index contributed by atoms with van der Waals surface area (Å²) in [6.45, 7) is 1.95. The Kier molecular flexibility index (Phi) is 6.80. The highest BCUT2D eigenvalue weighted by Gasteiger charge is 2.28. The molecule has 1 fully saturated rings. The molecule has 0 saturated carbocycles. The molecular formula is C24H26N4O3S. The number of fused-ring (bicyclic) bond motifs is 1. The first kappa shape index (κ1) is 22.3. The fraction of sp³-hybridized carbons (Fsp3) is 0.375. The first-order valence-corrected chi connectivity index (χ1v) is 11.6. The molecule has 0 radical (unpaired) electrons. The van der Waals surface area contributed by atoms with Gasteiger partial charge in [-0.05, 0) is 41.8 Å². The van der Waals surface area contributed by atoms with Crippen molar-refractivity contribution in [1.82, 2.24) is 9.80 Å². The van der Waals surface area contributed by atoms with Crippen molar-refractivity contribution >= 4 is 29.3 Å². The van der Waals surface area contributed by atoms with Crippen molar-refractivity contribution in [3.8, 4) is 6.07 Å². The second-order valence-electron chi connectivity index (χ2n) is 8.30. The minimum absolute atomic E-state index is 0.0340. The molecule has 0 unspecified atom stereocenters. The third kappa shape index (κ3) is 5.13. The van der Waals surface area contributed by atoms with Crippen molar-refractivity contribution in [2.24, 2.45) is 0 Å². The summed E-state index contributed by atoms with van der Waals surface area (Å²) < 4.78 is 0. The Labute approximate surface area is 192 Å². The highest BCUT2D eigenvalue weighted by Crippen LogP contribution is 2.32. The molecule has 1 saturated heterocycles. The number of thioether (sulfide) groups is 1. The lowest BCUT2D eigenvalue weighted by atomic mass is 10.0. The molecule has 2 amide bonds. The molecule has 4 rings (SSSR count). The number of carbonyl (C=O) groups excluding carboxylic acids is 2. The Morgan fingerprint density at radius 2 is 2.22 bits per heavy atom. The molecule has 2 aromatic carbocycles. The Morgan fingerprint density at radius 1 is 1.38 bits per heavy atom. The SMILES string of the molecule is CN(C(=O)Cc1ccc2c(c1)NC(=O)CS2)[C@H](CN1CC[C@@H](O)C1)c1cccc(C#N)c1. The van der Waals surface area contributed by atoms with E-state index < -0.39 is 0 Å². The molecule has 2 atom stereocenters. The number of rotatable bonds is 6. The van der Waals surface area contributed by atoms with E-state index in [-0.39, 0.29) is 30.4 Å². The summed E-state index contributed by atoms with van der Waals surface area (Å²) in [5.41, 5.74) is 3.04. The monoisotopic (exact) mass is 450 g/mol. The molecule has 2 heterocycles. The summed E-state index contributed by atoms with van der Waals surface area (Å²) in [7, 11) is 1.79. The highest BCUT2D eigenvalue weighted by atomic mass is 32.2. The van der Waals surface area contributed by atoms with Gasteiger partial charge in [0.1, 0.15) is 0 Å². The van der Waals surface area contributed by atoms with Crippen molar-refractivity contribution in [3.05, 3.63) is 59.2 Å². The molecule has 166 valence electrons. The lowest BCUT2D eigenvalue weighted by Gasteiger charge is -2.32. The number of aliphatic hydroxyl groups excluding tert-OH is 1. The number of benzene rings is 2. The maximum absolute atomic E-state index is 13.3. The zero-order valence-corrected chi connectivity index (χ0v) is 18.8. The van der Waals surface area contributed by atoms with Crippen LogP contribution in [0.2, 0.25) is 0 Å². The van der Waals surface area contributed by atoms with Gasteiger partial charge in [-0.25, -0.2) is 0 Å². The van der Waals surface area contributed by atoms with Crippen LogP contribution < -0.4 is 5.32 Å². The lowest BCUT2D eigenvalue weighted by Crippen LogP contribution is -2.39. The van der Waals surface area contributed by atoms with E-state index in [2.05, 4.69) is 16.3 Å². The summed E-state index contributed by atoms with van der Waals surface area (Å²) in [5, 5.41) is 22.1. The minimum atomic E-state index is -0.342. The van der Waals surface area contributed by atoms with Gasteiger partial charge in [-0.2, -0.15) is 5.26 Å². The number of anilines is 1. The normalized spacial score (nSPS) is 19.0. The Morgan fingerprint density at radius 3 is 2.97 bits per heavy atom. The quantitative estimate of drug-likeness (QED) is 0.702. The highest BCUT2D eigenvalue weighted by molar-refractivity contribution is 8.00. The van der Waals surface area contributed by atoms with Crippen molar-refractivity contribution in [1.29, 1.82) is 5.26 Å². The van der Waals surface area contributed by atoms with Crippen LogP contribution in [-0.2, 0) is 16.0 Å². The van der Waals surface area contributed by atoms with Crippen LogP contribution in [0.25, 0.3) is 0 Å². The molecule has 2 aromatic rings. The number of nitrogens with zero attached hydrogens (tertiary/aromatic N) is 3. The topological polar surface area (TPSA) is 96.7 Å². The van der Waals surface area contributed by atoms with Crippen LogP contribution in [0, 0.1) is 11.3 Å². The first-order valence-electron chi connectivity index (χ1n) is 10.6. The van der Waals surface area contributed by atoms with Gasteiger partial charge in [-0.3, -0.25) is 14.5 Å². The number of likely N-dealkylation sites (N-methyl/N-ethyl adjacent to an activating group) is 1. The molecule has 0 aromatic heterocycles. The van der Waals surface area contributed by atoms with Crippen LogP contribution in [0.1, 0.15) is 29.2 Å². The summed E-state index contributed by atoms with van der Waals surface area (Å²) in [6, 6.07) is 15.0. The molecule has 7 nitrogen and oxygen atoms in total. The maximum Gasteiger partial charge on any atom is 0.234 e. The van der Waals surface area contributed by atoms with Gasteiger partial charge in [-0.15, -0.1) is 11.8 Å². The van der Waals surface area contributed by atoms with Crippen LogP contribution in [0.5, 0.6) is 0 Å². The Hall–Kier alpha value is -2.86. The fourth-order valence-electron chi connectivity index (χ4n) is 4.20. The van der Waals surface area contributed by atoms with E-state index in [1.54, 1.807) is 18.0 Å². The molecule has 2 aliphatic rings. The minimum Gasteiger partial charge on any atom is -0.392 e. The van der Waals surface area contributed by atoms with Crippen LogP contribution in [0.15, 0.2) is 47.4 Å². The summed E-state index contributed by atoms with van der Waals surface area (Å²) in [5.74, 6) is 0.322. The molecule has 8 heteroatoms. The van der Waals surface area contributed by atoms with Gasteiger partial charge in [0.2, 0.25) is 11.8 Å². The van der Waals surface area contributed by atoms with Crippen molar-refractivity contribution in [3.63, 3.8) is 0 Å². The Bertz CT molecular complexity index is 1070. The molecule has 32 heavy (non-hydrogen) atoms. The molecule has 0 bridgehead atoms. The largest absolute Gasteiger partial charge is 0.392 e. The first-order chi connectivity index (χ1) is 15.4. The van der Waals surface area contributed by atoms with E-state index in [1.807, 2.05) is 36.4 Å². The van der Waals surface area contributed by atoms with Crippen LogP contribution in [-0.4, -0.2) is 65.3 Å². The van der Waals surface area contributed by atoms with E-state index in [0.29, 0.717) is 24.4 Å². The van der Waals surface area contributed by atoms with Gasteiger partial charge < -0.3 is 15.3 Å². The fourth-order valence-corrected chi connectivity index (χ4v) is 4.99. The predicted octanol–water partition coefficient (Wildman–Crippen LogP) is 2.41. The summed E-state index contributed by atoms with van der Waals surface area (Å²) in [4.78, 5) is 29.8. The van der Waals surface area contributed by atoms with Gasteiger partial charge >= 0.3 is 0 Å². The smallest absolute Gasteiger partial charge is 0.234 e. The van der Waals surface area contributed by atoms with Gasteiger partial charge in [0.15, 0.2) is 0 Å². The maximum atomic E-state index is 13.3. The predicted molar refractivity (Wildman–Crippen MR) is 123 cm³/mol. The number of β-amino-alcohol motifs (C(OH)–C–C–N with tert-alkyl or cyclic N) is 1. The van der Waals surface area contributed by atoms with E-state index in [9.17, 15) is 20.0 Å². The second kappa shape index (κ2) is 9.74. The molecule has 0 spiro atoms. The summed E-state index contributed by atoms with van der Waals surface area (Å²) in [6.07, 6.45) is 0.591. The molecule has 2 aliphatic heterocycles. The molecule has 0 aliphatic carbocycles. The zero-order valence-electron chi connectivity index (χ0n) is 18.0. The summed E-state index contributed by atoms with van der Waals surface area (Å²) >= 11 is 1.49. The van der Waals surface area contributed by atoms with Crippen molar-refractivity contribution in [2.45, 2.75) is 29.9 Å². The Balaban J connectivity index is 1.53. The average Bonchev–Trinajstić information content (AvgIpc) is 3.21. The van der Waals surface area contributed by atoms with Crippen molar-refractivity contribution in [2.75, 3.05) is 37.8 Å². The van der Waals surface area contributed by atoms with E-state index >= 15 is 0 Å². The zero-order chi connectivity index (χ0) is 22.7. The van der Waals surface area contributed by atoms with Crippen LogP contribution in [0.4, 0.5) is 5.69 Å². The van der Waals surface area contributed by atoms with Gasteiger partial charge in [-0.1, -0.05) is 18.2 Å². The number of amides is 2. The van der Waals surface area contributed by atoms with E-state index in [1.165, 1.54) is 11.8 Å². The van der Waals surface area contributed by atoms with Crippen molar-refractivity contribution < 1.29 is 14.7 Å². The molecule has 2 N–H and O–H groups in total. The molecular weight excluding hydrogens is 424 g/mol. The van der Waals surface area contributed by atoms with Crippen LogP contribution >= 0.6 is 11.8 Å². The third-order valence-corrected chi connectivity index (χ3v) is 7.05. The number of carbonyl (C=O) groups is 2. The lowest BCUT2D eigenvalue weighted by molar-refractivity contribution is -0.131. The van der Waals surface area contributed by atoms with E-state index in [0.717, 1.165) is 34.7 Å². The number of hydrogen-bond donors (Lipinski definition) is 2. The number of hydrogen-bond acceptors (Lipinski definition) is 6. The number of nitrogens with one attached hydrogen (secondary N) is 1. The van der Waals surface area contributed by atoms with Gasteiger partial charge in [0, 0.05) is 31.6 Å². The number of nitriles is 1.